The monoisotopic (exact) mass is 489 g/mol. The molecule has 2 aromatic rings. The summed E-state index contributed by atoms with van der Waals surface area (Å²) in [5.74, 6) is -0.0870. The average Bonchev–Trinajstić information content (AvgIpc) is 2.83. The number of sulfonamides is 1. The van der Waals surface area contributed by atoms with Crippen LogP contribution in [0.3, 0.4) is 0 Å². The molecule has 0 heterocycles. The van der Waals surface area contributed by atoms with Gasteiger partial charge in [0.1, 0.15) is 18.3 Å². The normalized spacial score (nSPS) is 12.0. The van der Waals surface area contributed by atoms with E-state index in [1.54, 1.807) is 38.3 Å². The Morgan fingerprint density at radius 3 is 2.09 bits per heavy atom. The van der Waals surface area contributed by atoms with Gasteiger partial charge in [-0.05, 0) is 55.2 Å². The van der Waals surface area contributed by atoms with Crippen molar-refractivity contribution in [3.63, 3.8) is 0 Å². The van der Waals surface area contributed by atoms with Crippen molar-refractivity contribution in [1.82, 2.24) is 10.2 Å². The largest absolute Gasteiger partial charge is 0.497 e. The molecule has 1 atom stereocenters. The Hall–Kier alpha value is -3.07. The predicted octanol–water partition coefficient (Wildman–Crippen LogP) is 2.97. The number of carbonyl (C=O) groups excluding carboxylic acids is 2. The third kappa shape index (κ3) is 7.48. The lowest BCUT2D eigenvalue weighted by molar-refractivity contribution is -0.139. The molecule has 0 spiro atoms. The molecule has 8 nitrogen and oxygen atoms in total. The van der Waals surface area contributed by atoms with Crippen LogP contribution in [0.1, 0.15) is 38.3 Å². The zero-order valence-electron chi connectivity index (χ0n) is 20.6. The quantitative estimate of drug-likeness (QED) is 0.495. The molecule has 2 amide bonds. The fourth-order valence-corrected chi connectivity index (χ4v) is 4.27. The summed E-state index contributed by atoms with van der Waals surface area (Å²) in [6.45, 7) is 5.83. The van der Waals surface area contributed by atoms with Gasteiger partial charge < -0.3 is 15.0 Å². The molecule has 0 unspecified atom stereocenters. The Labute approximate surface area is 202 Å². The molecule has 2 aromatic carbocycles. The van der Waals surface area contributed by atoms with E-state index < -0.39 is 28.5 Å². The van der Waals surface area contributed by atoms with E-state index in [1.165, 1.54) is 4.90 Å². The fourth-order valence-electron chi connectivity index (χ4n) is 3.42. The van der Waals surface area contributed by atoms with E-state index in [9.17, 15) is 18.0 Å². The minimum Gasteiger partial charge on any atom is -0.497 e. The number of anilines is 1. The lowest BCUT2D eigenvalue weighted by atomic mass is 10.1. The number of amides is 2. The number of carbonyl (C=O) groups is 2. The molecule has 9 heteroatoms. The van der Waals surface area contributed by atoms with Crippen LogP contribution in [0.5, 0.6) is 5.75 Å². The van der Waals surface area contributed by atoms with Gasteiger partial charge in [-0.3, -0.25) is 13.9 Å². The number of hydrogen-bond acceptors (Lipinski definition) is 5. The van der Waals surface area contributed by atoms with Crippen molar-refractivity contribution in [3.05, 3.63) is 59.7 Å². The van der Waals surface area contributed by atoms with Crippen molar-refractivity contribution in [2.45, 2.75) is 46.2 Å². The van der Waals surface area contributed by atoms with Gasteiger partial charge in [-0.1, -0.05) is 38.1 Å². The molecule has 0 saturated heterocycles. The van der Waals surface area contributed by atoms with Crippen molar-refractivity contribution in [3.8, 4) is 5.75 Å². The first kappa shape index (κ1) is 27.2. The van der Waals surface area contributed by atoms with Crippen LogP contribution in [0.4, 0.5) is 5.69 Å². The van der Waals surface area contributed by atoms with Gasteiger partial charge in [0.05, 0.1) is 19.1 Å². The topological polar surface area (TPSA) is 96.0 Å². The van der Waals surface area contributed by atoms with Crippen LogP contribution in [-0.2, 0) is 32.6 Å². The summed E-state index contributed by atoms with van der Waals surface area (Å²) in [5.41, 5.74) is 2.26. The second kappa shape index (κ2) is 12.4. The zero-order valence-corrected chi connectivity index (χ0v) is 21.4. The minimum absolute atomic E-state index is 0.149. The molecule has 0 fully saturated rings. The number of ether oxygens (including phenoxy) is 1. The second-order valence-corrected chi connectivity index (χ2v) is 10.0. The summed E-state index contributed by atoms with van der Waals surface area (Å²) >= 11 is 0. The van der Waals surface area contributed by atoms with Gasteiger partial charge in [-0.15, -0.1) is 0 Å². The van der Waals surface area contributed by atoms with Crippen LogP contribution in [-0.4, -0.2) is 57.6 Å². The van der Waals surface area contributed by atoms with Crippen molar-refractivity contribution in [2.75, 3.05) is 30.8 Å². The van der Waals surface area contributed by atoms with Gasteiger partial charge >= 0.3 is 0 Å². The number of nitrogens with zero attached hydrogens (tertiary/aromatic N) is 2. The maximum absolute atomic E-state index is 13.5. The summed E-state index contributed by atoms with van der Waals surface area (Å²) in [5, 5.41) is 2.81. The standard InChI is InChI=1S/C25H35N3O5S/c1-6-16-26-25(30)19(3)27(17-21-10-14-23(33-4)15-11-21)24(29)18-28(34(5,31)32)22-12-8-20(7-2)9-13-22/h8-15,19H,6-7,16-18H2,1-5H3,(H,26,30)/t19-/m0/s1. The van der Waals surface area contributed by atoms with Crippen LogP contribution in [0, 0.1) is 0 Å². The van der Waals surface area contributed by atoms with E-state index in [4.69, 9.17) is 4.74 Å². The van der Waals surface area contributed by atoms with E-state index in [1.807, 2.05) is 38.1 Å². The van der Waals surface area contributed by atoms with E-state index >= 15 is 0 Å². The molecule has 186 valence electrons. The Kier molecular flexibility index (Phi) is 9.92. The SMILES string of the molecule is CCCNC(=O)[C@H](C)N(Cc1ccc(OC)cc1)C(=O)CN(c1ccc(CC)cc1)S(C)(=O)=O. The molecular weight excluding hydrogens is 454 g/mol. The molecule has 0 aliphatic carbocycles. The molecule has 0 bridgehead atoms. The average molecular weight is 490 g/mol. The Morgan fingerprint density at radius 1 is 1.00 bits per heavy atom. The number of methoxy groups -OCH3 is 1. The van der Waals surface area contributed by atoms with Crippen LogP contribution in [0.15, 0.2) is 48.5 Å². The van der Waals surface area contributed by atoms with Gasteiger partial charge in [-0.2, -0.15) is 0 Å². The number of nitrogens with one attached hydrogen (secondary N) is 1. The Balaban J connectivity index is 2.35. The molecule has 1 N–H and O–H groups in total. The van der Waals surface area contributed by atoms with E-state index in [2.05, 4.69) is 5.32 Å². The van der Waals surface area contributed by atoms with Crippen LogP contribution < -0.4 is 14.4 Å². The molecule has 0 saturated carbocycles. The highest BCUT2D eigenvalue weighted by atomic mass is 32.2. The third-order valence-electron chi connectivity index (χ3n) is 5.54. The van der Waals surface area contributed by atoms with Gasteiger partial charge in [-0.25, -0.2) is 8.42 Å². The van der Waals surface area contributed by atoms with Gasteiger partial charge in [0, 0.05) is 13.1 Å². The summed E-state index contributed by atoms with van der Waals surface area (Å²) in [6.07, 6.45) is 2.65. The molecular formula is C25H35N3O5S. The first-order valence-electron chi connectivity index (χ1n) is 11.4. The lowest BCUT2D eigenvalue weighted by Crippen LogP contribution is -2.51. The van der Waals surface area contributed by atoms with Crippen LogP contribution in [0.25, 0.3) is 0 Å². The van der Waals surface area contributed by atoms with Gasteiger partial charge in [0.15, 0.2) is 0 Å². The number of aryl methyl sites for hydroxylation is 1. The lowest BCUT2D eigenvalue weighted by Gasteiger charge is -2.31. The molecule has 0 aromatic heterocycles. The van der Waals surface area contributed by atoms with E-state index in [-0.39, 0.29) is 12.5 Å². The molecule has 2 rings (SSSR count). The Bertz CT molecular complexity index is 1050. The first-order chi connectivity index (χ1) is 16.1. The van der Waals surface area contributed by atoms with Crippen LogP contribution in [0.2, 0.25) is 0 Å². The Morgan fingerprint density at radius 2 is 1.59 bits per heavy atom. The maximum Gasteiger partial charge on any atom is 0.244 e. The summed E-state index contributed by atoms with van der Waals surface area (Å²) in [6, 6.07) is 13.5. The highest BCUT2D eigenvalue weighted by Gasteiger charge is 2.30. The highest BCUT2D eigenvalue weighted by molar-refractivity contribution is 7.92. The third-order valence-corrected chi connectivity index (χ3v) is 6.68. The first-order valence-corrected chi connectivity index (χ1v) is 13.2. The fraction of sp³-hybridized carbons (Fsp3) is 0.440. The second-order valence-electron chi connectivity index (χ2n) is 8.13. The van der Waals surface area contributed by atoms with Crippen LogP contribution >= 0.6 is 0 Å². The molecule has 0 radical (unpaired) electrons. The maximum atomic E-state index is 13.5. The number of benzene rings is 2. The molecule has 34 heavy (non-hydrogen) atoms. The van der Waals surface area contributed by atoms with Crippen molar-refractivity contribution in [1.29, 1.82) is 0 Å². The zero-order chi connectivity index (χ0) is 25.3. The molecule has 0 aliphatic rings. The summed E-state index contributed by atoms with van der Waals surface area (Å²) in [4.78, 5) is 27.6. The van der Waals surface area contributed by atoms with E-state index in [0.717, 1.165) is 34.5 Å². The number of rotatable bonds is 12. The number of hydrogen-bond donors (Lipinski definition) is 1. The van der Waals surface area contributed by atoms with Crippen molar-refractivity contribution < 1.29 is 22.7 Å². The smallest absolute Gasteiger partial charge is 0.244 e. The van der Waals surface area contributed by atoms with E-state index in [0.29, 0.717) is 18.0 Å². The summed E-state index contributed by atoms with van der Waals surface area (Å²) < 4.78 is 31.4. The van der Waals surface area contributed by atoms with Crippen molar-refractivity contribution in [2.24, 2.45) is 0 Å². The highest BCUT2D eigenvalue weighted by Crippen LogP contribution is 2.20. The van der Waals surface area contributed by atoms with Gasteiger partial charge in [0.25, 0.3) is 0 Å². The van der Waals surface area contributed by atoms with Gasteiger partial charge in [0.2, 0.25) is 21.8 Å². The van der Waals surface area contributed by atoms with Crippen molar-refractivity contribution >= 4 is 27.5 Å². The summed E-state index contributed by atoms with van der Waals surface area (Å²) in [7, 11) is -2.17. The molecule has 0 aliphatic heterocycles. The minimum atomic E-state index is -3.74. The predicted molar refractivity (Wildman–Crippen MR) is 134 cm³/mol.